The van der Waals surface area contributed by atoms with Crippen LogP contribution in [0.3, 0.4) is 0 Å². The molecule has 0 saturated carbocycles. The first-order valence-electron chi connectivity index (χ1n) is 2.40. The van der Waals surface area contributed by atoms with Gasteiger partial charge in [0.1, 0.15) is 6.10 Å². The zero-order valence-corrected chi connectivity index (χ0v) is 5.73. The summed E-state index contributed by atoms with van der Waals surface area (Å²) in [5, 5.41) is 0. The second-order valence-corrected chi connectivity index (χ2v) is 1.88. The minimum atomic E-state index is -0.279. The molecule has 0 spiro atoms. The Balaban J connectivity index is 3.24. The number of hydrogen-bond donors (Lipinski definition) is 0. The first-order valence-corrected chi connectivity index (χ1v) is 2.93. The van der Waals surface area contributed by atoms with Gasteiger partial charge in [-0.2, -0.15) is 0 Å². The van der Waals surface area contributed by atoms with Crippen LogP contribution in [0.5, 0.6) is 0 Å². The van der Waals surface area contributed by atoms with Crippen molar-refractivity contribution in [2.75, 3.05) is 5.88 Å². The van der Waals surface area contributed by atoms with Crippen molar-refractivity contribution in [2.45, 2.75) is 20.0 Å². The molecule has 0 aromatic carbocycles. The third-order valence-corrected chi connectivity index (χ3v) is 1.02. The van der Waals surface area contributed by atoms with Crippen LogP contribution in [0.1, 0.15) is 13.8 Å². The van der Waals surface area contributed by atoms with Gasteiger partial charge in [-0.3, -0.25) is 4.79 Å². The SMILES string of the molecule is CC(=O)OC(C)CCl. The Bertz CT molecular complexity index is 82.5. The van der Waals surface area contributed by atoms with Crippen LogP contribution in [-0.2, 0) is 9.53 Å². The van der Waals surface area contributed by atoms with Crippen molar-refractivity contribution in [3.05, 3.63) is 0 Å². The molecule has 1 atom stereocenters. The first-order chi connectivity index (χ1) is 3.66. The smallest absolute Gasteiger partial charge is 0.302 e. The van der Waals surface area contributed by atoms with Gasteiger partial charge in [-0.1, -0.05) is 0 Å². The molecule has 0 rings (SSSR count). The van der Waals surface area contributed by atoms with Crippen LogP contribution >= 0.6 is 11.6 Å². The summed E-state index contributed by atoms with van der Waals surface area (Å²) >= 11 is 5.32. The predicted octanol–water partition coefficient (Wildman–Crippen LogP) is 1.18. The van der Waals surface area contributed by atoms with Gasteiger partial charge in [-0.05, 0) is 6.92 Å². The lowest BCUT2D eigenvalue weighted by Gasteiger charge is -2.05. The molecule has 0 bridgehead atoms. The van der Waals surface area contributed by atoms with E-state index in [-0.39, 0.29) is 12.1 Å². The van der Waals surface area contributed by atoms with Gasteiger partial charge in [0.15, 0.2) is 0 Å². The summed E-state index contributed by atoms with van der Waals surface area (Å²) in [6.07, 6.45) is -0.158. The number of rotatable bonds is 2. The lowest BCUT2D eigenvalue weighted by Crippen LogP contribution is -2.12. The maximum atomic E-state index is 10.1. The largest absolute Gasteiger partial charge is 0.462 e. The Morgan fingerprint density at radius 1 is 1.88 bits per heavy atom. The molecular weight excluding hydrogens is 128 g/mol. The van der Waals surface area contributed by atoms with Gasteiger partial charge < -0.3 is 4.74 Å². The zero-order valence-electron chi connectivity index (χ0n) is 4.98. The van der Waals surface area contributed by atoms with E-state index in [2.05, 4.69) is 4.74 Å². The molecule has 0 heterocycles. The summed E-state index contributed by atoms with van der Waals surface area (Å²) in [6.45, 7) is 3.11. The Morgan fingerprint density at radius 3 is 2.50 bits per heavy atom. The van der Waals surface area contributed by atoms with Crippen molar-refractivity contribution >= 4 is 17.6 Å². The number of carbonyl (C=O) groups excluding carboxylic acids is 1. The van der Waals surface area contributed by atoms with Crippen molar-refractivity contribution in [3.63, 3.8) is 0 Å². The Hall–Kier alpha value is -0.240. The lowest BCUT2D eigenvalue weighted by molar-refractivity contribution is -0.144. The number of hydrogen-bond acceptors (Lipinski definition) is 2. The third kappa shape index (κ3) is 3.93. The van der Waals surface area contributed by atoms with Crippen LogP contribution in [0.15, 0.2) is 0 Å². The molecule has 0 N–H and O–H groups in total. The fraction of sp³-hybridized carbons (Fsp3) is 0.800. The molecule has 0 fully saturated rings. The van der Waals surface area contributed by atoms with Crippen molar-refractivity contribution in [1.82, 2.24) is 0 Å². The average Bonchev–Trinajstić information content (AvgIpc) is 1.65. The summed E-state index contributed by atoms with van der Waals surface area (Å²) in [6, 6.07) is 0. The maximum absolute atomic E-state index is 10.1. The quantitative estimate of drug-likeness (QED) is 0.421. The van der Waals surface area contributed by atoms with Crippen LogP contribution < -0.4 is 0 Å². The average molecular weight is 137 g/mol. The topological polar surface area (TPSA) is 26.3 Å². The van der Waals surface area contributed by atoms with Crippen LogP contribution in [0.2, 0.25) is 0 Å². The minimum absolute atomic E-state index is 0.158. The highest BCUT2D eigenvalue weighted by Crippen LogP contribution is 1.92. The zero-order chi connectivity index (χ0) is 6.57. The van der Waals surface area contributed by atoms with Crippen molar-refractivity contribution in [3.8, 4) is 0 Å². The molecule has 0 amide bonds. The van der Waals surface area contributed by atoms with E-state index in [1.165, 1.54) is 6.92 Å². The van der Waals surface area contributed by atoms with E-state index < -0.39 is 0 Å². The first kappa shape index (κ1) is 7.76. The van der Waals surface area contributed by atoms with E-state index in [1.54, 1.807) is 6.92 Å². The highest BCUT2D eigenvalue weighted by atomic mass is 35.5. The van der Waals surface area contributed by atoms with Gasteiger partial charge >= 0.3 is 5.97 Å². The fourth-order valence-corrected chi connectivity index (χ4v) is 0.378. The molecule has 0 aliphatic heterocycles. The number of halogens is 1. The molecule has 0 aliphatic carbocycles. The lowest BCUT2D eigenvalue weighted by atomic mass is 10.5. The van der Waals surface area contributed by atoms with E-state index in [9.17, 15) is 4.79 Å². The van der Waals surface area contributed by atoms with Crippen LogP contribution in [0.4, 0.5) is 0 Å². The molecule has 48 valence electrons. The van der Waals surface area contributed by atoms with Gasteiger partial charge in [0, 0.05) is 6.92 Å². The minimum Gasteiger partial charge on any atom is -0.462 e. The second-order valence-electron chi connectivity index (χ2n) is 1.57. The molecule has 0 saturated heterocycles. The standard InChI is InChI=1S/C5H9ClO2/c1-4(3-6)8-5(2)7/h4H,3H2,1-2H3. The van der Waals surface area contributed by atoms with E-state index in [0.717, 1.165) is 0 Å². The van der Waals surface area contributed by atoms with Gasteiger partial charge in [-0.15, -0.1) is 11.6 Å². The molecule has 0 aromatic heterocycles. The van der Waals surface area contributed by atoms with Gasteiger partial charge in [0.25, 0.3) is 0 Å². The molecule has 0 radical (unpaired) electrons. The van der Waals surface area contributed by atoms with Crippen LogP contribution in [-0.4, -0.2) is 18.0 Å². The summed E-state index contributed by atoms with van der Waals surface area (Å²) in [5.74, 6) is 0.0812. The number of alkyl halides is 1. The highest BCUT2D eigenvalue weighted by molar-refractivity contribution is 6.18. The van der Waals surface area contributed by atoms with E-state index in [4.69, 9.17) is 11.6 Å². The van der Waals surface area contributed by atoms with Crippen molar-refractivity contribution < 1.29 is 9.53 Å². The number of esters is 1. The number of carbonyl (C=O) groups is 1. The maximum Gasteiger partial charge on any atom is 0.302 e. The Kier molecular flexibility index (Phi) is 3.61. The Labute approximate surface area is 53.8 Å². The molecule has 0 aliphatic rings. The molecule has 1 unspecified atom stereocenters. The third-order valence-electron chi connectivity index (χ3n) is 0.584. The summed E-state index contributed by atoms with van der Waals surface area (Å²) in [5.41, 5.74) is 0. The molecule has 2 nitrogen and oxygen atoms in total. The number of ether oxygens (including phenoxy) is 1. The van der Waals surface area contributed by atoms with Crippen LogP contribution in [0.25, 0.3) is 0 Å². The van der Waals surface area contributed by atoms with Crippen molar-refractivity contribution in [1.29, 1.82) is 0 Å². The van der Waals surface area contributed by atoms with Gasteiger partial charge in [-0.25, -0.2) is 0 Å². The fourth-order valence-electron chi connectivity index (χ4n) is 0.315. The molecular formula is C5H9ClO2. The second kappa shape index (κ2) is 3.72. The predicted molar refractivity (Wildman–Crippen MR) is 31.9 cm³/mol. The summed E-state index contributed by atoms with van der Waals surface area (Å²) in [7, 11) is 0. The van der Waals surface area contributed by atoms with Crippen molar-refractivity contribution in [2.24, 2.45) is 0 Å². The monoisotopic (exact) mass is 136 g/mol. The van der Waals surface area contributed by atoms with E-state index >= 15 is 0 Å². The van der Waals surface area contributed by atoms with E-state index in [0.29, 0.717) is 5.88 Å². The van der Waals surface area contributed by atoms with Gasteiger partial charge in [0.05, 0.1) is 5.88 Å². The molecule has 3 heteroatoms. The van der Waals surface area contributed by atoms with Gasteiger partial charge in [0.2, 0.25) is 0 Å². The molecule has 8 heavy (non-hydrogen) atoms. The summed E-state index contributed by atoms with van der Waals surface area (Å²) in [4.78, 5) is 10.1. The highest BCUT2D eigenvalue weighted by Gasteiger charge is 2.00. The van der Waals surface area contributed by atoms with Crippen LogP contribution in [0, 0.1) is 0 Å². The van der Waals surface area contributed by atoms with E-state index in [1.807, 2.05) is 0 Å². The normalized spacial score (nSPS) is 12.9. The molecule has 0 aromatic rings. The summed E-state index contributed by atoms with van der Waals surface area (Å²) < 4.78 is 4.63. The Morgan fingerprint density at radius 2 is 2.38 bits per heavy atom.